The van der Waals surface area contributed by atoms with Crippen LogP contribution >= 0.6 is 0 Å². The number of carbonyl (C=O) groups is 3. The molecule has 0 aromatic carbocycles. The molecule has 0 spiro atoms. The standard InChI is InChI=1S/C64H114O6/c1-4-7-10-13-16-18-20-22-24-26-28-30-31-32-34-35-37-39-41-43-45-48-51-54-57-63(66)69-60-61(59-68-62(65)56-53-50-47-15-12-9-6-3)70-64(67)58-55-52-49-46-44-42-40-38-36-33-29-27-25-23-21-19-17-14-11-8-5-2/h8,11,17,19,23,25,29,33,38,40,61H,4-7,9-10,12-16,18,20-22,24,26-28,30-32,34-37,39,41-60H2,1-3H3/b11-8-,19-17-,25-23-,33-29-,40-38-. The van der Waals surface area contributed by atoms with Gasteiger partial charge in [0, 0.05) is 19.3 Å². The highest BCUT2D eigenvalue weighted by Gasteiger charge is 2.19. The van der Waals surface area contributed by atoms with E-state index in [2.05, 4.69) is 81.5 Å². The van der Waals surface area contributed by atoms with Crippen LogP contribution in [0.2, 0.25) is 0 Å². The molecule has 1 unspecified atom stereocenters. The average molecular weight is 980 g/mol. The van der Waals surface area contributed by atoms with Crippen LogP contribution in [0.1, 0.15) is 310 Å². The summed E-state index contributed by atoms with van der Waals surface area (Å²) < 4.78 is 16.8. The van der Waals surface area contributed by atoms with Crippen LogP contribution in [0.25, 0.3) is 0 Å². The fourth-order valence-corrected chi connectivity index (χ4v) is 8.77. The Morgan fingerprint density at radius 3 is 0.871 bits per heavy atom. The number of hydrogen-bond donors (Lipinski definition) is 0. The minimum Gasteiger partial charge on any atom is -0.462 e. The molecule has 0 bridgehead atoms. The zero-order valence-corrected chi connectivity index (χ0v) is 46.5. The van der Waals surface area contributed by atoms with Crippen molar-refractivity contribution in [2.24, 2.45) is 0 Å². The molecule has 0 aliphatic rings. The fourth-order valence-electron chi connectivity index (χ4n) is 8.77. The van der Waals surface area contributed by atoms with E-state index < -0.39 is 6.10 Å². The van der Waals surface area contributed by atoms with E-state index in [1.807, 2.05) is 0 Å². The number of allylic oxidation sites excluding steroid dienone is 10. The van der Waals surface area contributed by atoms with Crippen molar-refractivity contribution in [2.75, 3.05) is 13.2 Å². The Balaban J connectivity index is 4.16. The summed E-state index contributed by atoms with van der Waals surface area (Å²) in [5.74, 6) is -0.891. The first kappa shape index (κ1) is 67.1. The number of hydrogen-bond acceptors (Lipinski definition) is 6. The monoisotopic (exact) mass is 979 g/mol. The van der Waals surface area contributed by atoms with Crippen molar-refractivity contribution in [3.8, 4) is 0 Å². The molecule has 0 N–H and O–H groups in total. The van der Waals surface area contributed by atoms with Gasteiger partial charge in [-0.1, -0.05) is 287 Å². The van der Waals surface area contributed by atoms with Gasteiger partial charge in [-0.05, 0) is 64.2 Å². The van der Waals surface area contributed by atoms with E-state index in [9.17, 15) is 14.4 Å². The lowest BCUT2D eigenvalue weighted by Gasteiger charge is -2.18. The molecule has 1 atom stereocenters. The first-order valence-corrected chi connectivity index (χ1v) is 30.3. The minimum atomic E-state index is -0.780. The maximum atomic E-state index is 12.8. The van der Waals surface area contributed by atoms with Crippen molar-refractivity contribution >= 4 is 17.9 Å². The maximum Gasteiger partial charge on any atom is 0.306 e. The highest BCUT2D eigenvalue weighted by Crippen LogP contribution is 2.17. The average Bonchev–Trinajstić information content (AvgIpc) is 3.36. The first-order valence-electron chi connectivity index (χ1n) is 30.3. The quantitative estimate of drug-likeness (QED) is 0.0261. The highest BCUT2D eigenvalue weighted by atomic mass is 16.6. The Hall–Kier alpha value is -2.89. The lowest BCUT2D eigenvalue weighted by Crippen LogP contribution is -2.30. The normalized spacial score (nSPS) is 12.4. The van der Waals surface area contributed by atoms with E-state index in [4.69, 9.17) is 14.2 Å². The van der Waals surface area contributed by atoms with Crippen LogP contribution in [-0.4, -0.2) is 37.2 Å². The van der Waals surface area contributed by atoms with E-state index in [1.54, 1.807) is 0 Å². The van der Waals surface area contributed by atoms with E-state index in [0.29, 0.717) is 19.3 Å². The molecule has 0 aromatic rings. The molecule has 0 rings (SSSR count). The maximum absolute atomic E-state index is 12.8. The molecule has 0 aliphatic heterocycles. The second-order valence-electron chi connectivity index (χ2n) is 20.2. The third-order valence-corrected chi connectivity index (χ3v) is 13.3. The zero-order chi connectivity index (χ0) is 50.7. The van der Waals surface area contributed by atoms with Gasteiger partial charge in [-0.15, -0.1) is 0 Å². The van der Waals surface area contributed by atoms with Gasteiger partial charge in [0.15, 0.2) is 6.10 Å². The van der Waals surface area contributed by atoms with Crippen molar-refractivity contribution in [3.63, 3.8) is 0 Å². The summed E-state index contributed by atoms with van der Waals surface area (Å²) in [4.78, 5) is 38.0. The van der Waals surface area contributed by atoms with E-state index in [0.717, 1.165) is 109 Å². The predicted octanol–water partition coefficient (Wildman–Crippen LogP) is 20.4. The lowest BCUT2D eigenvalue weighted by atomic mass is 10.0. The predicted molar refractivity (Wildman–Crippen MR) is 302 cm³/mol. The van der Waals surface area contributed by atoms with E-state index in [1.165, 1.54) is 161 Å². The van der Waals surface area contributed by atoms with Gasteiger partial charge in [0.1, 0.15) is 13.2 Å². The summed E-state index contributed by atoms with van der Waals surface area (Å²) in [5.41, 5.74) is 0. The Morgan fingerprint density at radius 1 is 0.300 bits per heavy atom. The van der Waals surface area contributed by atoms with Crippen LogP contribution in [-0.2, 0) is 28.6 Å². The van der Waals surface area contributed by atoms with Gasteiger partial charge < -0.3 is 14.2 Å². The smallest absolute Gasteiger partial charge is 0.306 e. The largest absolute Gasteiger partial charge is 0.462 e. The first-order chi connectivity index (χ1) is 34.5. The summed E-state index contributed by atoms with van der Waals surface area (Å²) in [6, 6.07) is 0. The minimum absolute atomic E-state index is 0.0789. The summed E-state index contributed by atoms with van der Waals surface area (Å²) in [6.45, 7) is 6.50. The van der Waals surface area contributed by atoms with Gasteiger partial charge in [0.05, 0.1) is 0 Å². The second-order valence-corrected chi connectivity index (χ2v) is 20.2. The lowest BCUT2D eigenvalue weighted by molar-refractivity contribution is -0.167. The SMILES string of the molecule is CC/C=C\C/C=C\C/C=C\C/C=C\C/C=C\CCCCCCCC(=O)OC(COC(=O)CCCCCCCCC)COC(=O)CCCCCCCCCCCCCCCCCCCCCCCCCC. The third-order valence-electron chi connectivity index (χ3n) is 13.3. The number of esters is 3. The van der Waals surface area contributed by atoms with Gasteiger partial charge in [0.2, 0.25) is 0 Å². The summed E-state index contributed by atoms with van der Waals surface area (Å²) in [6.07, 6.45) is 73.9. The van der Waals surface area contributed by atoms with E-state index in [-0.39, 0.29) is 31.1 Å². The third kappa shape index (κ3) is 56.0. The van der Waals surface area contributed by atoms with Crippen LogP contribution in [0.15, 0.2) is 60.8 Å². The molecule has 0 saturated heterocycles. The van der Waals surface area contributed by atoms with Gasteiger partial charge >= 0.3 is 17.9 Å². The number of unbranched alkanes of at least 4 members (excludes halogenated alkanes) is 34. The van der Waals surface area contributed by atoms with Crippen molar-refractivity contribution in [2.45, 2.75) is 316 Å². The number of ether oxygens (including phenoxy) is 3. The van der Waals surface area contributed by atoms with Gasteiger partial charge in [-0.25, -0.2) is 0 Å². The Labute approximate surface area is 434 Å². The Morgan fingerprint density at radius 2 is 0.557 bits per heavy atom. The molecule has 0 saturated carbocycles. The van der Waals surface area contributed by atoms with Crippen LogP contribution in [0, 0.1) is 0 Å². The molecule has 406 valence electrons. The zero-order valence-electron chi connectivity index (χ0n) is 46.5. The molecule has 6 heteroatoms. The van der Waals surface area contributed by atoms with E-state index >= 15 is 0 Å². The van der Waals surface area contributed by atoms with Gasteiger partial charge in [0.25, 0.3) is 0 Å². The molecule has 0 aliphatic carbocycles. The Bertz CT molecular complexity index is 1260. The van der Waals surface area contributed by atoms with Crippen LogP contribution in [0.4, 0.5) is 0 Å². The topological polar surface area (TPSA) is 78.9 Å². The van der Waals surface area contributed by atoms with Gasteiger partial charge in [-0.3, -0.25) is 14.4 Å². The molecular weight excluding hydrogens is 865 g/mol. The van der Waals surface area contributed by atoms with Crippen LogP contribution in [0.3, 0.4) is 0 Å². The van der Waals surface area contributed by atoms with Crippen molar-refractivity contribution in [1.82, 2.24) is 0 Å². The highest BCUT2D eigenvalue weighted by molar-refractivity contribution is 5.71. The van der Waals surface area contributed by atoms with Gasteiger partial charge in [-0.2, -0.15) is 0 Å². The Kier molecular flexibility index (Phi) is 56.3. The molecule has 6 nitrogen and oxygen atoms in total. The molecule has 0 fully saturated rings. The van der Waals surface area contributed by atoms with Crippen molar-refractivity contribution in [3.05, 3.63) is 60.8 Å². The summed E-state index contributed by atoms with van der Waals surface area (Å²) in [5, 5.41) is 0. The molecule has 0 amide bonds. The van der Waals surface area contributed by atoms with Crippen molar-refractivity contribution < 1.29 is 28.6 Å². The van der Waals surface area contributed by atoms with Crippen LogP contribution in [0.5, 0.6) is 0 Å². The number of carbonyl (C=O) groups excluding carboxylic acids is 3. The number of rotatable bonds is 55. The van der Waals surface area contributed by atoms with Crippen LogP contribution < -0.4 is 0 Å². The summed E-state index contributed by atoms with van der Waals surface area (Å²) >= 11 is 0. The molecular formula is C64H114O6. The summed E-state index contributed by atoms with van der Waals surface area (Å²) in [7, 11) is 0. The molecule has 0 radical (unpaired) electrons. The second kappa shape index (κ2) is 58.7. The fraction of sp³-hybridized carbons (Fsp3) is 0.797. The molecule has 70 heavy (non-hydrogen) atoms. The molecule has 0 heterocycles. The van der Waals surface area contributed by atoms with Crippen molar-refractivity contribution in [1.29, 1.82) is 0 Å². The molecule has 0 aromatic heterocycles.